The third-order valence-electron chi connectivity index (χ3n) is 12.5. The number of hydrogen-bond donors (Lipinski definition) is 0. The van der Waals surface area contributed by atoms with E-state index in [9.17, 15) is 13.7 Å². The third kappa shape index (κ3) is 36.6. The van der Waals surface area contributed by atoms with Gasteiger partial charge in [0.05, 0.1) is 0 Å². The van der Waals surface area contributed by atoms with Gasteiger partial charge < -0.3 is 0 Å². The van der Waals surface area contributed by atoms with Crippen molar-refractivity contribution in [2.24, 2.45) is 0 Å². The van der Waals surface area contributed by atoms with Gasteiger partial charge in [0, 0.05) is 0 Å². The summed E-state index contributed by atoms with van der Waals surface area (Å²) in [4.78, 5) is 0. The molecule has 2 aliphatic rings. The molecule has 0 radical (unpaired) electrons. The minimum absolute atomic E-state index is 0.132. The molecule has 12 nitrogen and oxygen atoms in total. The van der Waals surface area contributed by atoms with Gasteiger partial charge in [-0.3, -0.25) is 0 Å². The third-order valence-corrected chi connectivity index (χ3v) is 38.7. The second-order valence-electron chi connectivity index (χ2n) is 18.8. The topological polar surface area (TPSA) is 134 Å². The van der Waals surface area contributed by atoms with Crippen LogP contribution in [0, 0.1) is 0 Å². The fraction of sp³-hybridized carbons (Fsp3) is 1.00. The molecule has 0 bridgehead atoms. The van der Waals surface area contributed by atoms with Crippen molar-refractivity contribution in [2.75, 3.05) is 19.8 Å². The Bertz CT molecular complexity index is 1130. The summed E-state index contributed by atoms with van der Waals surface area (Å²) in [6.07, 6.45) is 51.9. The van der Waals surface area contributed by atoms with Gasteiger partial charge in [-0.05, 0) is 0 Å². The van der Waals surface area contributed by atoms with Crippen LogP contribution in [-0.2, 0) is 43.1 Å². The Balaban J connectivity index is 1.62. The van der Waals surface area contributed by atoms with Crippen LogP contribution in [0.15, 0.2) is 0 Å². The van der Waals surface area contributed by atoms with E-state index >= 15 is 0 Å². The first-order chi connectivity index (χ1) is 31.8. The minimum atomic E-state index is -4.25. The Kier molecular flexibility index (Phi) is 42.4. The van der Waals surface area contributed by atoms with Crippen LogP contribution in [0.5, 0.6) is 0 Å². The molecule has 0 N–H and O–H groups in total. The summed E-state index contributed by atoms with van der Waals surface area (Å²) in [5.74, 6) is 0. The molecular formula is C48H99In2O12P3. The Morgan fingerprint density at radius 3 is 0.754 bits per heavy atom. The first-order valence-corrected chi connectivity index (χ1v) is 40.0. The molecule has 0 saturated carbocycles. The molecule has 65 heavy (non-hydrogen) atoms. The molecule has 0 unspecified atom stereocenters. The van der Waals surface area contributed by atoms with Crippen molar-refractivity contribution in [3.63, 3.8) is 0 Å². The van der Waals surface area contributed by atoms with Crippen LogP contribution >= 0.6 is 23.5 Å². The van der Waals surface area contributed by atoms with Crippen molar-refractivity contribution in [3.8, 4) is 0 Å². The summed E-state index contributed by atoms with van der Waals surface area (Å²) < 4.78 is 89.7. The van der Waals surface area contributed by atoms with Crippen LogP contribution in [0.2, 0.25) is 0 Å². The van der Waals surface area contributed by atoms with E-state index in [0.29, 0.717) is 6.42 Å². The van der Waals surface area contributed by atoms with Gasteiger partial charge in [-0.15, -0.1) is 0 Å². The monoisotopic (exact) mass is 1190 g/mol. The second kappa shape index (κ2) is 43.6. The molecule has 0 spiro atoms. The summed E-state index contributed by atoms with van der Waals surface area (Å²) in [6, 6.07) is 0. The summed E-state index contributed by atoms with van der Waals surface area (Å²) in [5.41, 5.74) is 0. The van der Waals surface area contributed by atoms with Gasteiger partial charge in [0.2, 0.25) is 0 Å². The Morgan fingerprint density at radius 2 is 0.523 bits per heavy atom. The number of hydrogen-bond acceptors (Lipinski definition) is 12. The standard InChI is InChI=1S/3C16H35O4P.2In/c3*1-2-3-4-5-6-7-8-9-10-11-12-13-14-15-16-20-21(17,18)19;;/h3*2-16H2,1H3,(H2,17,18,19);;/q;;;2*+3/p-6. The van der Waals surface area contributed by atoms with Gasteiger partial charge in [0.15, 0.2) is 0 Å². The van der Waals surface area contributed by atoms with Crippen LogP contribution in [0.1, 0.15) is 290 Å². The molecule has 384 valence electrons. The van der Waals surface area contributed by atoms with Crippen LogP contribution in [0.25, 0.3) is 0 Å². The average Bonchev–Trinajstić information content (AvgIpc) is 3.26. The maximum absolute atomic E-state index is 13.8. The molecule has 0 aromatic carbocycles. The van der Waals surface area contributed by atoms with E-state index in [1.54, 1.807) is 0 Å². The van der Waals surface area contributed by atoms with Gasteiger partial charge in [-0.2, -0.15) is 0 Å². The number of phosphoric acid groups is 3. The fourth-order valence-corrected chi connectivity index (χ4v) is 33.2. The van der Waals surface area contributed by atoms with E-state index in [-0.39, 0.29) is 19.8 Å². The van der Waals surface area contributed by atoms with Crippen molar-refractivity contribution in [1.29, 1.82) is 0 Å². The summed E-state index contributed by atoms with van der Waals surface area (Å²) in [7, 11) is -11.7. The van der Waals surface area contributed by atoms with Crippen LogP contribution in [0.3, 0.4) is 0 Å². The predicted octanol–water partition coefficient (Wildman–Crippen LogP) is 18.9. The molecule has 0 atom stereocenters. The van der Waals surface area contributed by atoms with Gasteiger partial charge >= 0.3 is 286 Å². The molecule has 2 heterocycles. The van der Waals surface area contributed by atoms with Crippen molar-refractivity contribution < 1.29 is 43.1 Å². The van der Waals surface area contributed by atoms with E-state index < -0.39 is 69.0 Å². The fourth-order valence-electron chi connectivity index (χ4n) is 8.35. The quantitative estimate of drug-likeness (QED) is 0.0424. The molecule has 0 aliphatic carbocycles. The van der Waals surface area contributed by atoms with Crippen molar-refractivity contribution >= 4 is 69.0 Å². The van der Waals surface area contributed by atoms with Gasteiger partial charge in [-0.25, -0.2) is 0 Å². The Hall–Kier alpha value is 2.07. The predicted molar refractivity (Wildman–Crippen MR) is 270 cm³/mol. The Labute approximate surface area is 419 Å². The van der Waals surface area contributed by atoms with Gasteiger partial charge in [0.1, 0.15) is 0 Å². The molecular weight excluding hydrogens is 1090 g/mol. The zero-order valence-electron chi connectivity index (χ0n) is 42.2. The van der Waals surface area contributed by atoms with E-state index in [0.717, 1.165) is 57.8 Å². The molecule has 0 aromatic rings. The summed E-state index contributed by atoms with van der Waals surface area (Å²) in [5, 5.41) is 0. The van der Waals surface area contributed by atoms with Gasteiger partial charge in [-0.1, -0.05) is 136 Å². The first-order valence-electron chi connectivity index (χ1n) is 27.6. The normalized spacial score (nSPS) is 15.7. The molecule has 2 saturated heterocycles. The number of rotatable bonds is 52. The van der Waals surface area contributed by atoms with Gasteiger partial charge in [0.25, 0.3) is 0 Å². The Morgan fingerprint density at radius 1 is 0.323 bits per heavy atom. The maximum atomic E-state index is 13.8. The zero-order chi connectivity index (χ0) is 46.8. The van der Waals surface area contributed by atoms with Crippen LogP contribution < -0.4 is 0 Å². The number of unbranched alkanes of at least 4 members (excludes halogenated alkanes) is 39. The zero-order valence-corrected chi connectivity index (χ0v) is 51.5. The molecule has 17 heteroatoms. The van der Waals surface area contributed by atoms with Crippen molar-refractivity contribution in [1.82, 2.24) is 0 Å². The van der Waals surface area contributed by atoms with Crippen molar-refractivity contribution in [2.45, 2.75) is 290 Å². The molecule has 2 fully saturated rings. The second-order valence-corrected chi connectivity index (χ2v) is 37.7. The molecule has 2 rings (SSSR count). The van der Waals surface area contributed by atoms with Crippen molar-refractivity contribution in [3.05, 3.63) is 0 Å². The van der Waals surface area contributed by atoms with Crippen LogP contribution in [-0.4, -0.2) is 65.3 Å². The average molecular weight is 1190 g/mol. The molecule has 2 aliphatic heterocycles. The summed E-state index contributed by atoms with van der Waals surface area (Å²) in [6.45, 7) is 7.43. The van der Waals surface area contributed by atoms with E-state index in [1.165, 1.54) is 205 Å². The first kappa shape index (κ1) is 63.2. The van der Waals surface area contributed by atoms with E-state index in [1.807, 2.05) is 0 Å². The van der Waals surface area contributed by atoms with E-state index in [4.69, 9.17) is 29.4 Å². The SMILES string of the molecule is CCCCCCCCCCCCCCCCOP1(=O)[O][In]([O]P(=O)(OCCCCCCCCCCCCCCCC)[O][In]2[O]P(=O)(OCCCCCCCCCCCCCCCC)[O]2)[O]1. The van der Waals surface area contributed by atoms with E-state index in [2.05, 4.69) is 20.8 Å². The summed E-state index contributed by atoms with van der Waals surface area (Å²) >= 11 is -7.92. The molecule has 0 aromatic heterocycles. The van der Waals surface area contributed by atoms with Crippen LogP contribution in [0.4, 0.5) is 0 Å². The molecule has 0 amide bonds.